The van der Waals surface area contributed by atoms with Crippen LogP contribution in [-0.4, -0.2) is 17.6 Å². The predicted octanol–water partition coefficient (Wildman–Crippen LogP) is 4.19. The van der Waals surface area contributed by atoms with Crippen LogP contribution in [-0.2, 0) is 9.59 Å². The molecule has 28 heavy (non-hydrogen) atoms. The average molecular weight is 416 g/mol. The predicted molar refractivity (Wildman–Crippen MR) is 107 cm³/mol. The number of benzene rings is 2. The summed E-state index contributed by atoms with van der Waals surface area (Å²) < 4.78 is 13.2. The Hall–Kier alpha value is -2.82. The number of halogens is 2. The molecular formula is C20H15ClFN3O2S. The number of hydrogen-bond acceptors (Lipinski definition) is 4. The van der Waals surface area contributed by atoms with Crippen LogP contribution in [0, 0.1) is 17.1 Å². The molecule has 1 atom stereocenters. The Kier molecular flexibility index (Phi) is 6.34. The number of allylic oxidation sites excluding steroid dienone is 1. The summed E-state index contributed by atoms with van der Waals surface area (Å²) in [5.74, 6) is -1.38. The van der Waals surface area contributed by atoms with Crippen molar-refractivity contribution in [3.63, 3.8) is 0 Å². The van der Waals surface area contributed by atoms with Crippen LogP contribution in [0.5, 0.6) is 0 Å². The van der Waals surface area contributed by atoms with Crippen molar-refractivity contribution in [2.45, 2.75) is 12.3 Å². The van der Waals surface area contributed by atoms with E-state index in [1.54, 1.807) is 36.4 Å². The molecule has 8 heteroatoms. The van der Waals surface area contributed by atoms with Gasteiger partial charge in [0.2, 0.25) is 11.8 Å². The molecule has 3 rings (SSSR count). The van der Waals surface area contributed by atoms with E-state index in [1.807, 2.05) is 0 Å². The van der Waals surface area contributed by atoms with Crippen molar-refractivity contribution in [2.24, 2.45) is 0 Å². The maximum absolute atomic E-state index is 13.2. The van der Waals surface area contributed by atoms with Gasteiger partial charge in [0.1, 0.15) is 5.82 Å². The van der Waals surface area contributed by atoms with E-state index in [2.05, 4.69) is 16.7 Å². The fraction of sp³-hybridized carbons (Fsp3) is 0.150. The molecule has 0 bridgehead atoms. The minimum Gasteiger partial charge on any atom is -0.325 e. The molecule has 1 aliphatic heterocycles. The van der Waals surface area contributed by atoms with Gasteiger partial charge < -0.3 is 10.6 Å². The minimum absolute atomic E-state index is 0.0134. The fourth-order valence-corrected chi connectivity index (χ4v) is 3.78. The van der Waals surface area contributed by atoms with Crippen LogP contribution in [0.15, 0.2) is 59.1 Å². The summed E-state index contributed by atoms with van der Waals surface area (Å²) >= 11 is 6.89. The lowest BCUT2D eigenvalue weighted by Crippen LogP contribution is -2.31. The van der Waals surface area contributed by atoms with E-state index in [0.29, 0.717) is 26.9 Å². The largest absolute Gasteiger partial charge is 0.325 e. The minimum atomic E-state index is -0.471. The molecule has 2 amide bonds. The van der Waals surface area contributed by atoms with Gasteiger partial charge in [-0.05, 0) is 42.0 Å². The molecule has 0 aromatic heterocycles. The van der Waals surface area contributed by atoms with Crippen molar-refractivity contribution >= 4 is 40.9 Å². The number of hydrogen-bond donors (Lipinski definition) is 2. The number of anilines is 1. The van der Waals surface area contributed by atoms with Gasteiger partial charge in [-0.25, -0.2) is 4.39 Å². The first-order valence-corrected chi connectivity index (χ1v) is 9.70. The van der Waals surface area contributed by atoms with Gasteiger partial charge >= 0.3 is 0 Å². The van der Waals surface area contributed by atoms with Crippen molar-refractivity contribution in [3.05, 3.63) is 75.5 Å². The van der Waals surface area contributed by atoms with Gasteiger partial charge in [0.15, 0.2) is 0 Å². The molecule has 0 fully saturated rings. The first-order chi connectivity index (χ1) is 13.5. The van der Waals surface area contributed by atoms with E-state index in [-0.39, 0.29) is 29.8 Å². The maximum atomic E-state index is 13.2. The number of thioether (sulfide) groups is 1. The van der Waals surface area contributed by atoms with Crippen molar-refractivity contribution in [1.82, 2.24) is 5.32 Å². The Morgan fingerprint density at radius 1 is 1.25 bits per heavy atom. The number of amides is 2. The summed E-state index contributed by atoms with van der Waals surface area (Å²) in [6, 6.07) is 14.5. The zero-order valence-electron chi connectivity index (χ0n) is 14.5. The SMILES string of the molecule is N#CC1=C(SCC(=O)Nc2ccc(Cl)cc2)NC(=O)CC1c1ccc(F)cc1. The number of carbonyl (C=O) groups is 2. The highest BCUT2D eigenvalue weighted by molar-refractivity contribution is 8.03. The lowest BCUT2D eigenvalue weighted by molar-refractivity contribution is -0.121. The third kappa shape index (κ3) is 4.91. The van der Waals surface area contributed by atoms with Crippen LogP contribution in [0.3, 0.4) is 0 Å². The topological polar surface area (TPSA) is 82.0 Å². The summed E-state index contributed by atoms with van der Waals surface area (Å²) in [6.07, 6.45) is 0.0928. The number of nitrogens with one attached hydrogen (secondary N) is 2. The van der Waals surface area contributed by atoms with Gasteiger partial charge in [0.25, 0.3) is 0 Å². The Bertz CT molecular complexity index is 968. The number of nitrogens with zero attached hydrogens (tertiary/aromatic N) is 1. The number of nitriles is 1. The Morgan fingerprint density at radius 3 is 2.57 bits per heavy atom. The molecule has 1 heterocycles. The Morgan fingerprint density at radius 2 is 1.93 bits per heavy atom. The monoisotopic (exact) mass is 415 g/mol. The van der Waals surface area contributed by atoms with E-state index in [1.165, 1.54) is 12.1 Å². The molecule has 0 saturated heterocycles. The first-order valence-electron chi connectivity index (χ1n) is 8.34. The zero-order chi connectivity index (χ0) is 20.1. The maximum Gasteiger partial charge on any atom is 0.234 e. The summed E-state index contributed by atoms with van der Waals surface area (Å²) in [7, 11) is 0. The third-order valence-corrected chi connectivity index (χ3v) is 5.37. The fourth-order valence-electron chi connectivity index (χ4n) is 2.78. The molecule has 1 unspecified atom stereocenters. The van der Waals surface area contributed by atoms with Crippen LogP contribution < -0.4 is 10.6 Å². The summed E-state index contributed by atoms with van der Waals surface area (Å²) in [5.41, 5.74) is 1.63. The van der Waals surface area contributed by atoms with Crippen LogP contribution in [0.25, 0.3) is 0 Å². The van der Waals surface area contributed by atoms with Crippen LogP contribution >= 0.6 is 23.4 Å². The van der Waals surface area contributed by atoms with Crippen molar-refractivity contribution in [3.8, 4) is 6.07 Å². The van der Waals surface area contributed by atoms with Gasteiger partial charge in [0.05, 0.1) is 22.4 Å². The van der Waals surface area contributed by atoms with Gasteiger partial charge in [-0.1, -0.05) is 35.5 Å². The normalized spacial score (nSPS) is 16.3. The molecule has 2 aromatic carbocycles. The highest BCUT2D eigenvalue weighted by Crippen LogP contribution is 2.35. The van der Waals surface area contributed by atoms with Gasteiger partial charge in [0, 0.05) is 23.0 Å². The highest BCUT2D eigenvalue weighted by Gasteiger charge is 2.29. The summed E-state index contributed by atoms with van der Waals surface area (Å²) in [5, 5.41) is 15.9. The van der Waals surface area contributed by atoms with Crippen molar-refractivity contribution in [1.29, 1.82) is 5.26 Å². The molecule has 2 aromatic rings. The zero-order valence-corrected chi connectivity index (χ0v) is 16.1. The quantitative estimate of drug-likeness (QED) is 0.767. The second kappa shape index (κ2) is 8.91. The molecule has 0 saturated carbocycles. The molecule has 5 nitrogen and oxygen atoms in total. The van der Waals surface area contributed by atoms with Gasteiger partial charge in [-0.3, -0.25) is 9.59 Å². The standard InChI is InChI=1S/C20H15ClFN3O2S/c21-13-3-7-15(8-4-13)24-19(27)11-28-20-17(10-23)16(9-18(26)25-20)12-1-5-14(22)6-2-12/h1-8,16H,9,11H2,(H,24,27)(H,25,26). The second-order valence-corrected chi connectivity index (χ2v) is 7.48. The Labute approximate surface area is 170 Å². The summed E-state index contributed by atoms with van der Waals surface area (Å²) in [6.45, 7) is 0. The van der Waals surface area contributed by atoms with Crippen molar-refractivity contribution in [2.75, 3.05) is 11.1 Å². The van der Waals surface area contributed by atoms with E-state index in [9.17, 15) is 19.2 Å². The van der Waals surface area contributed by atoms with Crippen LogP contribution in [0.2, 0.25) is 5.02 Å². The second-order valence-electron chi connectivity index (χ2n) is 6.05. The van der Waals surface area contributed by atoms with Crippen molar-refractivity contribution < 1.29 is 14.0 Å². The van der Waals surface area contributed by atoms with E-state index >= 15 is 0 Å². The molecular weight excluding hydrogens is 401 g/mol. The van der Waals surface area contributed by atoms with E-state index < -0.39 is 5.92 Å². The van der Waals surface area contributed by atoms with Crippen LogP contribution in [0.4, 0.5) is 10.1 Å². The smallest absolute Gasteiger partial charge is 0.234 e. The lowest BCUT2D eigenvalue weighted by atomic mass is 9.87. The molecule has 0 radical (unpaired) electrons. The molecule has 142 valence electrons. The molecule has 1 aliphatic rings. The number of carbonyl (C=O) groups excluding carboxylic acids is 2. The average Bonchev–Trinajstić information content (AvgIpc) is 2.68. The van der Waals surface area contributed by atoms with Gasteiger partial charge in [-0.15, -0.1) is 0 Å². The Balaban J connectivity index is 1.73. The summed E-state index contributed by atoms with van der Waals surface area (Å²) in [4.78, 5) is 24.3. The van der Waals surface area contributed by atoms with Crippen LogP contribution in [0.1, 0.15) is 17.9 Å². The lowest BCUT2D eigenvalue weighted by Gasteiger charge is -2.25. The third-order valence-electron chi connectivity index (χ3n) is 4.10. The van der Waals surface area contributed by atoms with E-state index in [4.69, 9.17) is 11.6 Å². The first kappa shape index (κ1) is 19.9. The molecule has 0 aliphatic carbocycles. The molecule has 2 N–H and O–H groups in total. The highest BCUT2D eigenvalue weighted by atomic mass is 35.5. The van der Waals surface area contributed by atoms with Gasteiger partial charge in [-0.2, -0.15) is 5.26 Å². The molecule has 0 spiro atoms. The number of rotatable bonds is 5. The van der Waals surface area contributed by atoms with E-state index in [0.717, 1.165) is 11.8 Å².